The molecule has 3 unspecified atom stereocenters. The Labute approximate surface area is 120 Å². The molecule has 0 radical (unpaired) electrons. The second kappa shape index (κ2) is 5.27. The van der Waals surface area contributed by atoms with Gasteiger partial charge in [0.15, 0.2) is 5.11 Å². The SMILES string of the molecule is CN(CC(=O)NC1CC1)C(=S)NC1CC2CCC1C2. The molecule has 0 aromatic heterocycles. The van der Waals surface area contributed by atoms with Gasteiger partial charge in [0.05, 0.1) is 6.54 Å². The van der Waals surface area contributed by atoms with Gasteiger partial charge in [-0.15, -0.1) is 0 Å². The lowest BCUT2D eigenvalue weighted by Crippen LogP contribution is -2.48. The second-order valence-electron chi connectivity index (χ2n) is 6.43. The molecule has 2 N–H and O–H groups in total. The second-order valence-corrected chi connectivity index (χ2v) is 6.82. The molecule has 1 amide bonds. The van der Waals surface area contributed by atoms with Crippen molar-refractivity contribution in [1.82, 2.24) is 15.5 Å². The largest absolute Gasteiger partial charge is 0.360 e. The van der Waals surface area contributed by atoms with E-state index in [1.807, 2.05) is 11.9 Å². The smallest absolute Gasteiger partial charge is 0.239 e. The normalized spacial score (nSPS) is 32.2. The van der Waals surface area contributed by atoms with Crippen molar-refractivity contribution in [2.45, 2.75) is 50.6 Å². The number of nitrogens with one attached hydrogen (secondary N) is 2. The van der Waals surface area contributed by atoms with Crippen LogP contribution in [-0.2, 0) is 4.79 Å². The molecular formula is C14H23N3OS. The molecule has 3 fully saturated rings. The summed E-state index contributed by atoms with van der Waals surface area (Å²) in [6.07, 6.45) is 7.62. The van der Waals surface area contributed by atoms with Gasteiger partial charge in [0.1, 0.15) is 0 Å². The van der Waals surface area contributed by atoms with Crippen molar-refractivity contribution in [2.24, 2.45) is 11.8 Å². The Hall–Kier alpha value is -0.840. The Bertz CT molecular complexity index is 383. The molecule has 0 aliphatic heterocycles. The van der Waals surface area contributed by atoms with Gasteiger partial charge in [0.25, 0.3) is 0 Å². The molecule has 0 aromatic carbocycles. The van der Waals surface area contributed by atoms with E-state index in [-0.39, 0.29) is 5.91 Å². The first-order valence-electron chi connectivity index (χ1n) is 7.43. The molecule has 0 aromatic rings. The van der Waals surface area contributed by atoms with E-state index >= 15 is 0 Å². The summed E-state index contributed by atoms with van der Waals surface area (Å²) >= 11 is 5.41. The first-order chi connectivity index (χ1) is 9.11. The molecular weight excluding hydrogens is 258 g/mol. The first-order valence-corrected chi connectivity index (χ1v) is 7.83. The number of fused-ring (bicyclic) bond motifs is 2. The van der Waals surface area contributed by atoms with Crippen molar-refractivity contribution in [3.8, 4) is 0 Å². The molecule has 5 heteroatoms. The van der Waals surface area contributed by atoms with Crippen LogP contribution in [0.1, 0.15) is 38.5 Å². The van der Waals surface area contributed by atoms with E-state index in [1.165, 1.54) is 25.7 Å². The molecule has 3 aliphatic carbocycles. The molecule has 2 bridgehead atoms. The fourth-order valence-corrected chi connectivity index (χ4v) is 3.69. The summed E-state index contributed by atoms with van der Waals surface area (Å²) in [6.45, 7) is 0.364. The average molecular weight is 281 g/mol. The van der Waals surface area contributed by atoms with Crippen LogP contribution in [0.15, 0.2) is 0 Å². The summed E-state index contributed by atoms with van der Waals surface area (Å²) < 4.78 is 0. The van der Waals surface area contributed by atoms with Gasteiger partial charge >= 0.3 is 0 Å². The number of thiocarbonyl (C=S) groups is 1. The molecule has 3 saturated carbocycles. The summed E-state index contributed by atoms with van der Waals surface area (Å²) in [6, 6.07) is 0.966. The summed E-state index contributed by atoms with van der Waals surface area (Å²) in [5.74, 6) is 1.80. The minimum Gasteiger partial charge on any atom is -0.360 e. The highest BCUT2D eigenvalue weighted by atomic mass is 32.1. The van der Waals surface area contributed by atoms with Crippen molar-refractivity contribution < 1.29 is 4.79 Å². The number of rotatable bonds is 4. The zero-order valence-corrected chi connectivity index (χ0v) is 12.3. The minimum absolute atomic E-state index is 0.0853. The summed E-state index contributed by atoms with van der Waals surface area (Å²) in [4.78, 5) is 13.6. The van der Waals surface area contributed by atoms with Crippen LogP contribution in [-0.4, -0.2) is 41.6 Å². The van der Waals surface area contributed by atoms with Crippen molar-refractivity contribution in [2.75, 3.05) is 13.6 Å². The molecule has 3 rings (SSSR count). The van der Waals surface area contributed by atoms with Gasteiger partial charge in [-0.3, -0.25) is 4.79 Å². The quantitative estimate of drug-likeness (QED) is 0.762. The van der Waals surface area contributed by atoms with Gasteiger partial charge in [-0.25, -0.2) is 0 Å². The highest BCUT2D eigenvalue weighted by Crippen LogP contribution is 2.44. The average Bonchev–Trinajstić information content (AvgIpc) is 2.93. The number of carbonyl (C=O) groups excluding carboxylic acids is 1. The number of carbonyl (C=O) groups is 1. The monoisotopic (exact) mass is 281 g/mol. The standard InChI is InChI=1S/C14H23N3OS/c1-17(8-13(18)15-11-4-5-11)14(19)16-12-7-9-2-3-10(12)6-9/h9-12H,2-8H2,1H3,(H,15,18)(H,16,19). The van der Waals surface area contributed by atoms with Crippen LogP contribution >= 0.6 is 12.2 Å². The lowest BCUT2D eigenvalue weighted by atomic mass is 9.95. The Morgan fingerprint density at radius 1 is 1.21 bits per heavy atom. The summed E-state index contributed by atoms with van der Waals surface area (Å²) in [7, 11) is 1.90. The zero-order chi connectivity index (χ0) is 13.4. The topological polar surface area (TPSA) is 44.4 Å². The van der Waals surface area contributed by atoms with Crippen LogP contribution in [0, 0.1) is 11.8 Å². The first kappa shape index (κ1) is 13.2. The lowest BCUT2D eigenvalue weighted by molar-refractivity contribution is -0.121. The maximum atomic E-state index is 11.7. The number of nitrogens with zero attached hydrogens (tertiary/aromatic N) is 1. The van der Waals surface area contributed by atoms with Crippen molar-refractivity contribution in [1.29, 1.82) is 0 Å². The third-order valence-corrected chi connectivity index (χ3v) is 5.15. The zero-order valence-electron chi connectivity index (χ0n) is 11.5. The minimum atomic E-state index is 0.0853. The highest BCUT2D eigenvalue weighted by Gasteiger charge is 2.39. The summed E-state index contributed by atoms with van der Waals surface area (Å²) in [5, 5.41) is 7.18. The number of likely N-dealkylation sites (N-methyl/N-ethyl adjacent to an activating group) is 1. The molecule has 3 aliphatic rings. The van der Waals surface area contributed by atoms with E-state index in [2.05, 4.69) is 10.6 Å². The predicted octanol–water partition coefficient (Wildman–Crippen LogP) is 1.26. The van der Waals surface area contributed by atoms with Crippen LogP contribution in [0.25, 0.3) is 0 Å². The molecule has 0 spiro atoms. The highest BCUT2D eigenvalue weighted by molar-refractivity contribution is 7.80. The number of hydrogen-bond acceptors (Lipinski definition) is 2. The maximum absolute atomic E-state index is 11.7. The van der Waals surface area contributed by atoms with Crippen LogP contribution < -0.4 is 10.6 Å². The molecule has 19 heavy (non-hydrogen) atoms. The maximum Gasteiger partial charge on any atom is 0.239 e. The van der Waals surface area contributed by atoms with Crippen molar-refractivity contribution >= 4 is 23.2 Å². The van der Waals surface area contributed by atoms with E-state index < -0.39 is 0 Å². The van der Waals surface area contributed by atoms with Crippen molar-refractivity contribution in [3.05, 3.63) is 0 Å². The summed E-state index contributed by atoms with van der Waals surface area (Å²) in [5.41, 5.74) is 0. The third kappa shape index (κ3) is 3.19. The van der Waals surface area contributed by atoms with Crippen LogP contribution in [0.5, 0.6) is 0 Å². The van der Waals surface area contributed by atoms with Crippen LogP contribution in [0.4, 0.5) is 0 Å². The Balaban J connectivity index is 1.42. The van der Waals surface area contributed by atoms with Crippen LogP contribution in [0.3, 0.4) is 0 Å². The van der Waals surface area contributed by atoms with Gasteiger partial charge in [-0.05, 0) is 56.2 Å². The van der Waals surface area contributed by atoms with Gasteiger partial charge in [0.2, 0.25) is 5.91 Å². The Morgan fingerprint density at radius 3 is 2.58 bits per heavy atom. The van der Waals surface area contributed by atoms with E-state index in [0.29, 0.717) is 18.6 Å². The fourth-order valence-electron chi connectivity index (χ4n) is 3.48. The number of amides is 1. The van der Waals surface area contributed by atoms with Gasteiger partial charge < -0.3 is 15.5 Å². The predicted molar refractivity (Wildman–Crippen MR) is 78.8 cm³/mol. The van der Waals surface area contributed by atoms with E-state index in [1.54, 1.807) is 0 Å². The van der Waals surface area contributed by atoms with E-state index in [9.17, 15) is 4.79 Å². The fraction of sp³-hybridized carbons (Fsp3) is 0.857. The molecule has 3 atom stereocenters. The molecule has 0 saturated heterocycles. The number of hydrogen-bond donors (Lipinski definition) is 2. The molecule has 0 heterocycles. The van der Waals surface area contributed by atoms with Crippen LogP contribution in [0.2, 0.25) is 0 Å². The third-order valence-electron chi connectivity index (χ3n) is 4.72. The Kier molecular flexibility index (Phi) is 3.65. The van der Waals surface area contributed by atoms with Crippen molar-refractivity contribution in [3.63, 3.8) is 0 Å². The van der Waals surface area contributed by atoms with Gasteiger partial charge in [-0.1, -0.05) is 6.42 Å². The van der Waals surface area contributed by atoms with Gasteiger partial charge in [-0.2, -0.15) is 0 Å². The lowest BCUT2D eigenvalue weighted by Gasteiger charge is -2.28. The van der Waals surface area contributed by atoms with Gasteiger partial charge in [0, 0.05) is 19.1 Å². The Morgan fingerprint density at radius 2 is 2.00 bits per heavy atom. The molecule has 4 nitrogen and oxygen atoms in total. The molecule has 106 valence electrons. The van der Waals surface area contributed by atoms with E-state index in [0.717, 1.165) is 29.8 Å². The van der Waals surface area contributed by atoms with E-state index in [4.69, 9.17) is 12.2 Å².